The van der Waals surface area contributed by atoms with Crippen molar-refractivity contribution in [2.45, 2.75) is 13.0 Å². The number of carbonyl (C=O) groups is 1. The molecule has 3 rings (SSSR count). The van der Waals surface area contributed by atoms with Crippen molar-refractivity contribution >= 4 is 16.8 Å². The Labute approximate surface area is 123 Å². The Morgan fingerprint density at radius 2 is 1.90 bits per heavy atom. The number of hydrogen-bond donors (Lipinski definition) is 1. The van der Waals surface area contributed by atoms with Gasteiger partial charge in [0.2, 0.25) is 0 Å². The lowest BCUT2D eigenvalue weighted by molar-refractivity contribution is 0.0744. The van der Waals surface area contributed by atoms with Gasteiger partial charge in [-0.1, -0.05) is 42.5 Å². The van der Waals surface area contributed by atoms with Gasteiger partial charge < -0.3 is 4.90 Å². The van der Waals surface area contributed by atoms with E-state index < -0.39 is 0 Å². The maximum Gasteiger partial charge on any atom is 0.256 e. The van der Waals surface area contributed by atoms with Crippen LogP contribution >= 0.6 is 0 Å². The highest BCUT2D eigenvalue weighted by atomic mass is 16.2. The minimum atomic E-state index is -0.0128. The molecule has 4 heteroatoms. The summed E-state index contributed by atoms with van der Waals surface area (Å²) in [6.45, 7) is 2.03. The van der Waals surface area contributed by atoms with Crippen molar-refractivity contribution in [3.8, 4) is 0 Å². The van der Waals surface area contributed by atoms with Crippen molar-refractivity contribution in [3.63, 3.8) is 0 Å². The Morgan fingerprint density at radius 1 is 1.14 bits per heavy atom. The molecular weight excluding hydrogens is 262 g/mol. The van der Waals surface area contributed by atoms with Crippen molar-refractivity contribution in [1.29, 1.82) is 0 Å². The van der Waals surface area contributed by atoms with Crippen LogP contribution in [0.2, 0.25) is 0 Å². The first-order valence-corrected chi connectivity index (χ1v) is 6.92. The van der Waals surface area contributed by atoms with E-state index in [1.165, 1.54) is 0 Å². The fourth-order valence-electron chi connectivity index (χ4n) is 2.47. The Hall–Kier alpha value is -2.62. The van der Waals surface area contributed by atoms with Crippen LogP contribution in [0.4, 0.5) is 0 Å². The molecule has 1 amide bonds. The zero-order valence-corrected chi connectivity index (χ0v) is 12.1. The van der Waals surface area contributed by atoms with Crippen molar-refractivity contribution in [2.24, 2.45) is 0 Å². The quantitative estimate of drug-likeness (QED) is 0.799. The minimum Gasteiger partial charge on any atom is -0.335 e. The highest BCUT2D eigenvalue weighted by molar-refractivity contribution is 6.05. The lowest BCUT2D eigenvalue weighted by atomic mass is 10.1. The van der Waals surface area contributed by atoms with Gasteiger partial charge in [0, 0.05) is 12.4 Å². The van der Waals surface area contributed by atoms with Gasteiger partial charge in [-0.3, -0.25) is 9.89 Å². The molecule has 0 saturated heterocycles. The lowest BCUT2D eigenvalue weighted by Crippen LogP contribution is -2.29. The average molecular weight is 279 g/mol. The second kappa shape index (κ2) is 5.40. The van der Waals surface area contributed by atoms with Crippen LogP contribution in [0.3, 0.4) is 0 Å². The summed E-state index contributed by atoms with van der Waals surface area (Å²) < 4.78 is 0. The highest BCUT2D eigenvalue weighted by Crippen LogP contribution is 2.23. The molecule has 1 atom stereocenters. The molecule has 0 radical (unpaired) electrons. The van der Waals surface area contributed by atoms with E-state index >= 15 is 0 Å². The average Bonchev–Trinajstić information content (AvgIpc) is 3.02. The zero-order valence-electron chi connectivity index (χ0n) is 12.1. The Balaban J connectivity index is 1.93. The molecule has 0 fully saturated rings. The van der Waals surface area contributed by atoms with Crippen LogP contribution in [0.25, 0.3) is 10.9 Å². The second-order valence-electron chi connectivity index (χ2n) is 5.14. The summed E-state index contributed by atoms with van der Waals surface area (Å²) in [5.41, 5.74) is 2.55. The standard InChI is InChI=1S/C17H17N3O/c1-12(13-7-4-3-5-8-13)20(2)17(21)15-10-6-9-14-11-18-19-16(14)15/h3-12H,1-2H3,(H,18,19). The van der Waals surface area contributed by atoms with E-state index in [4.69, 9.17) is 0 Å². The Kier molecular flexibility index (Phi) is 3.44. The molecule has 0 aliphatic carbocycles. The van der Waals surface area contributed by atoms with Crippen LogP contribution in [0, 0.1) is 0 Å². The first-order chi connectivity index (χ1) is 10.2. The van der Waals surface area contributed by atoms with Gasteiger partial charge in [0.15, 0.2) is 0 Å². The van der Waals surface area contributed by atoms with E-state index in [1.54, 1.807) is 11.1 Å². The number of fused-ring (bicyclic) bond motifs is 1. The minimum absolute atomic E-state index is 0.0110. The van der Waals surface area contributed by atoms with Crippen molar-refractivity contribution in [3.05, 3.63) is 65.9 Å². The number of aromatic amines is 1. The number of aromatic nitrogens is 2. The van der Waals surface area contributed by atoms with E-state index in [9.17, 15) is 4.79 Å². The van der Waals surface area contributed by atoms with E-state index in [2.05, 4.69) is 10.2 Å². The molecule has 0 aliphatic heterocycles. The van der Waals surface area contributed by atoms with Crippen molar-refractivity contribution < 1.29 is 4.79 Å². The number of benzene rings is 2. The van der Waals surface area contributed by atoms with Crippen LogP contribution in [-0.4, -0.2) is 28.1 Å². The number of hydrogen-bond acceptors (Lipinski definition) is 2. The van der Waals surface area contributed by atoms with Crippen LogP contribution in [0.15, 0.2) is 54.7 Å². The van der Waals surface area contributed by atoms with Gasteiger partial charge in [-0.2, -0.15) is 5.10 Å². The third kappa shape index (κ3) is 2.40. The summed E-state index contributed by atoms with van der Waals surface area (Å²) in [4.78, 5) is 14.5. The van der Waals surface area contributed by atoms with Gasteiger partial charge in [0.1, 0.15) is 0 Å². The molecule has 1 N–H and O–H groups in total. The van der Waals surface area contributed by atoms with E-state index in [0.29, 0.717) is 5.56 Å². The number of amides is 1. The zero-order chi connectivity index (χ0) is 14.8. The third-order valence-corrected chi connectivity index (χ3v) is 3.89. The van der Waals surface area contributed by atoms with Crippen LogP contribution in [0.1, 0.15) is 28.9 Å². The maximum atomic E-state index is 12.7. The topological polar surface area (TPSA) is 49.0 Å². The summed E-state index contributed by atoms with van der Waals surface area (Å²) in [6, 6.07) is 15.7. The first-order valence-electron chi connectivity index (χ1n) is 6.92. The fraction of sp³-hybridized carbons (Fsp3) is 0.176. The van der Waals surface area contributed by atoms with Crippen LogP contribution in [-0.2, 0) is 0 Å². The second-order valence-corrected chi connectivity index (χ2v) is 5.14. The molecule has 0 bridgehead atoms. The largest absolute Gasteiger partial charge is 0.335 e. The fourth-order valence-corrected chi connectivity index (χ4v) is 2.47. The van der Waals surface area contributed by atoms with Gasteiger partial charge in [0.25, 0.3) is 5.91 Å². The first kappa shape index (κ1) is 13.4. The third-order valence-electron chi connectivity index (χ3n) is 3.89. The normalized spacial score (nSPS) is 12.3. The summed E-state index contributed by atoms with van der Waals surface area (Å²) >= 11 is 0. The number of carbonyl (C=O) groups excluding carboxylic acids is 1. The summed E-state index contributed by atoms with van der Waals surface area (Å²) in [7, 11) is 1.83. The summed E-state index contributed by atoms with van der Waals surface area (Å²) in [5.74, 6) is -0.0128. The van der Waals surface area contributed by atoms with E-state index in [0.717, 1.165) is 16.5 Å². The monoisotopic (exact) mass is 279 g/mol. The van der Waals surface area contributed by atoms with E-state index in [-0.39, 0.29) is 11.9 Å². The SMILES string of the molecule is CC(c1ccccc1)N(C)C(=O)c1cccc2cn[nH]c12. The van der Waals surface area contributed by atoms with Gasteiger partial charge in [-0.05, 0) is 18.6 Å². The Bertz CT molecular complexity index is 764. The molecular formula is C17H17N3O. The number of nitrogens with one attached hydrogen (secondary N) is 1. The summed E-state index contributed by atoms with van der Waals surface area (Å²) in [6.07, 6.45) is 1.73. The van der Waals surface area contributed by atoms with Crippen LogP contribution < -0.4 is 0 Å². The lowest BCUT2D eigenvalue weighted by Gasteiger charge is -2.25. The molecule has 0 aliphatic rings. The number of H-pyrrole nitrogens is 1. The predicted molar refractivity (Wildman–Crippen MR) is 83.0 cm³/mol. The predicted octanol–water partition coefficient (Wildman–Crippen LogP) is 3.40. The van der Waals surface area contributed by atoms with Crippen LogP contribution in [0.5, 0.6) is 0 Å². The number of nitrogens with zero attached hydrogens (tertiary/aromatic N) is 2. The maximum absolute atomic E-state index is 12.7. The number of para-hydroxylation sites is 1. The molecule has 1 aromatic heterocycles. The number of rotatable bonds is 3. The molecule has 106 valence electrons. The molecule has 21 heavy (non-hydrogen) atoms. The van der Waals surface area contributed by atoms with Gasteiger partial charge in [-0.15, -0.1) is 0 Å². The molecule has 0 spiro atoms. The molecule has 2 aromatic carbocycles. The van der Waals surface area contributed by atoms with Gasteiger partial charge >= 0.3 is 0 Å². The molecule has 3 aromatic rings. The molecule has 1 heterocycles. The smallest absolute Gasteiger partial charge is 0.256 e. The Morgan fingerprint density at radius 3 is 2.67 bits per heavy atom. The summed E-state index contributed by atoms with van der Waals surface area (Å²) in [5, 5.41) is 7.86. The highest BCUT2D eigenvalue weighted by Gasteiger charge is 2.20. The molecule has 4 nitrogen and oxygen atoms in total. The van der Waals surface area contributed by atoms with Crippen molar-refractivity contribution in [1.82, 2.24) is 15.1 Å². The van der Waals surface area contributed by atoms with Gasteiger partial charge in [-0.25, -0.2) is 0 Å². The van der Waals surface area contributed by atoms with Crippen molar-refractivity contribution in [2.75, 3.05) is 7.05 Å². The molecule has 0 saturated carbocycles. The van der Waals surface area contributed by atoms with Gasteiger partial charge in [0.05, 0.1) is 23.3 Å². The van der Waals surface area contributed by atoms with E-state index in [1.807, 2.05) is 62.5 Å². The molecule has 1 unspecified atom stereocenters.